The molecule has 0 bridgehead atoms. The molecule has 0 atom stereocenters. The molecule has 0 amide bonds. The zero-order chi connectivity index (χ0) is 15.0. The van der Waals surface area contributed by atoms with E-state index in [9.17, 15) is 0 Å². The minimum absolute atomic E-state index is 0.411. The van der Waals surface area contributed by atoms with E-state index in [2.05, 4.69) is 62.5 Å². The highest BCUT2D eigenvalue weighted by Crippen LogP contribution is 2.27. The first kappa shape index (κ1) is 17.7. The Kier molecular flexibility index (Phi) is 7.78. The number of nitrogens with zero attached hydrogens (tertiary/aromatic N) is 1. The number of hydrogen-bond acceptors (Lipinski definition) is 3. The van der Waals surface area contributed by atoms with Crippen LogP contribution in [0.5, 0.6) is 0 Å². The smallest absolute Gasteiger partial charge is 0.00579 e. The highest BCUT2D eigenvalue weighted by Gasteiger charge is 2.27. The van der Waals surface area contributed by atoms with Gasteiger partial charge in [0.15, 0.2) is 0 Å². The number of likely N-dealkylation sites (N-methyl/N-ethyl adjacent to an activating group) is 1. The molecule has 1 heterocycles. The average molecular weight is 297 g/mol. The van der Waals surface area contributed by atoms with Crippen molar-refractivity contribution in [3.05, 3.63) is 22.4 Å². The molecular formula is C17H32N2S. The maximum Gasteiger partial charge on any atom is 0.00579 e. The molecule has 0 spiro atoms. The lowest BCUT2D eigenvalue weighted by Gasteiger charge is -2.36. The Morgan fingerprint density at radius 3 is 2.50 bits per heavy atom. The second kappa shape index (κ2) is 8.81. The summed E-state index contributed by atoms with van der Waals surface area (Å²) in [6.07, 6.45) is 3.66. The molecule has 0 aromatic carbocycles. The van der Waals surface area contributed by atoms with E-state index in [0.717, 1.165) is 13.1 Å². The van der Waals surface area contributed by atoms with Gasteiger partial charge in [-0.3, -0.25) is 0 Å². The molecular weight excluding hydrogens is 264 g/mol. The molecule has 0 fully saturated rings. The summed E-state index contributed by atoms with van der Waals surface area (Å²) >= 11 is 1.87. The predicted octanol–water partition coefficient (Wildman–Crippen LogP) is 4.03. The fourth-order valence-electron chi connectivity index (χ4n) is 2.61. The van der Waals surface area contributed by atoms with Gasteiger partial charge in [0.2, 0.25) is 0 Å². The Hall–Kier alpha value is -0.380. The lowest BCUT2D eigenvalue weighted by molar-refractivity contribution is 0.153. The van der Waals surface area contributed by atoms with Crippen LogP contribution in [-0.2, 0) is 6.42 Å². The van der Waals surface area contributed by atoms with Gasteiger partial charge in [-0.15, -0.1) is 11.3 Å². The third-order valence-electron chi connectivity index (χ3n) is 4.31. The molecule has 116 valence electrons. The van der Waals surface area contributed by atoms with E-state index in [4.69, 9.17) is 0 Å². The van der Waals surface area contributed by atoms with Gasteiger partial charge in [0.05, 0.1) is 0 Å². The summed E-state index contributed by atoms with van der Waals surface area (Å²) in [5.41, 5.74) is 0.411. The zero-order valence-electron chi connectivity index (χ0n) is 13.9. The Morgan fingerprint density at radius 2 is 2.00 bits per heavy atom. The summed E-state index contributed by atoms with van der Waals surface area (Å²) in [7, 11) is 2.27. The summed E-state index contributed by atoms with van der Waals surface area (Å²) in [6, 6.07) is 4.96. The van der Waals surface area contributed by atoms with Gasteiger partial charge in [0.1, 0.15) is 0 Å². The average Bonchev–Trinajstić information content (AvgIpc) is 2.94. The second-order valence-electron chi connectivity index (χ2n) is 6.31. The first-order valence-electron chi connectivity index (χ1n) is 7.95. The van der Waals surface area contributed by atoms with Gasteiger partial charge >= 0.3 is 0 Å². The van der Waals surface area contributed by atoms with Crippen LogP contribution in [0.15, 0.2) is 17.5 Å². The number of nitrogens with one attached hydrogen (secondary N) is 1. The van der Waals surface area contributed by atoms with Crippen molar-refractivity contribution in [3.63, 3.8) is 0 Å². The Morgan fingerprint density at radius 1 is 1.30 bits per heavy atom. The van der Waals surface area contributed by atoms with Crippen LogP contribution in [0.4, 0.5) is 0 Å². The summed E-state index contributed by atoms with van der Waals surface area (Å²) in [5, 5.41) is 5.81. The highest BCUT2D eigenvalue weighted by molar-refractivity contribution is 7.09. The van der Waals surface area contributed by atoms with Crippen molar-refractivity contribution in [1.82, 2.24) is 10.2 Å². The molecule has 0 saturated heterocycles. The van der Waals surface area contributed by atoms with Crippen molar-refractivity contribution in [2.75, 3.05) is 26.7 Å². The van der Waals surface area contributed by atoms with Crippen molar-refractivity contribution in [2.45, 2.75) is 53.0 Å². The summed E-state index contributed by atoms with van der Waals surface area (Å²) < 4.78 is 0. The monoisotopic (exact) mass is 296 g/mol. The largest absolute Gasteiger partial charge is 0.314 e. The van der Waals surface area contributed by atoms with Crippen LogP contribution < -0.4 is 5.32 Å². The maximum atomic E-state index is 3.64. The maximum absolute atomic E-state index is 3.64. The molecule has 2 nitrogen and oxygen atoms in total. The topological polar surface area (TPSA) is 15.3 Å². The third kappa shape index (κ3) is 5.94. The van der Waals surface area contributed by atoms with E-state index in [0.29, 0.717) is 11.5 Å². The Balaban J connectivity index is 2.46. The minimum atomic E-state index is 0.411. The van der Waals surface area contributed by atoms with Gasteiger partial charge in [0, 0.05) is 30.6 Å². The van der Waals surface area contributed by atoms with Crippen LogP contribution in [0.3, 0.4) is 0 Å². The van der Waals surface area contributed by atoms with Gasteiger partial charge in [-0.25, -0.2) is 0 Å². The molecule has 3 heteroatoms. The summed E-state index contributed by atoms with van der Waals surface area (Å²) in [6.45, 7) is 12.6. The fraction of sp³-hybridized carbons (Fsp3) is 0.765. The lowest BCUT2D eigenvalue weighted by Crippen LogP contribution is -2.44. The highest BCUT2D eigenvalue weighted by atomic mass is 32.1. The molecule has 1 N–H and O–H groups in total. The van der Waals surface area contributed by atoms with Crippen molar-refractivity contribution in [2.24, 2.45) is 5.41 Å². The SMILES string of the molecule is CCC(CC)(CNC(C)C)CN(C)CCc1cccs1. The van der Waals surface area contributed by atoms with Gasteiger partial charge in [-0.1, -0.05) is 33.8 Å². The van der Waals surface area contributed by atoms with E-state index in [1.165, 1.54) is 30.7 Å². The van der Waals surface area contributed by atoms with Crippen LogP contribution in [0.1, 0.15) is 45.4 Å². The van der Waals surface area contributed by atoms with Crippen LogP contribution in [0.25, 0.3) is 0 Å². The van der Waals surface area contributed by atoms with Gasteiger partial charge in [-0.05, 0) is 43.2 Å². The molecule has 1 rings (SSSR count). The first-order chi connectivity index (χ1) is 9.51. The van der Waals surface area contributed by atoms with Gasteiger partial charge in [0.25, 0.3) is 0 Å². The van der Waals surface area contributed by atoms with Crippen LogP contribution in [0.2, 0.25) is 0 Å². The number of hydrogen-bond donors (Lipinski definition) is 1. The molecule has 20 heavy (non-hydrogen) atoms. The quantitative estimate of drug-likeness (QED) is 0.701. The lowest BCUT2D eigenvalue weighted by atomic mass is 9.81. The number of rotatable bonds is 10. The summed E-state index contributed by atoms with van der Waals surface area (Å²) in [5.74, 6) is 0. The Bertz CT molecular complexity index is 342. The van der Waals surface area contributed by atoms with Crippen molar-refractivity contribution in [1.29, 1.82) is 0 Å². The molecule has 0 radical (unpaired) electrons. The zero-order valence-corrected chi connectivity index (χ0v) is 14.7. The van der Waals surface area contributed by atoms with E-state index in [1.807, 2.05) is 11.3 Å². The number of thiophene rings is 1. The molecule has 0 aliphatic carbocycles. The summed E-state index contributed by atoms with van der Waals surface area (Å²) in [4.78, 5) is 4.00. The normalized spacial score (nSPS) is 12.6. The van der Waals surface area contributed by atoms with Gasteiger partial charge < -0.3 is 10.2 Å². The van der Waals surface area contributed by atoms with Crippen molar-refractivity contribution in [3.8, 4) is 0 Å². The molecule has 0 aliphatic heterocycles. The standard InChI is InChI=1S/C17H32N2S/c1-6-17(7-2,13-18-15(3)4)14-19(5)11-10-16-9-8-12-20-16/h8-9,12,15,18H,6-7,10-11,13-14H2,1-5H3. The molecule has 0 unspecified atom stereocenters. The third-order valence-corrected chi connectivity index (χ3v) is 5.25. The first-order valence-corrected chi connectivity index (χ1v) is 8.83. The van der Waals surface area contributed by atoms with E-state index < -0.39 is 0 Å². The van der Waals surface area contributed by atoms with E-state index in [1.54, 1.807) is 0 Å². The minimum Gasteiger partial charge on any atom is -0.314 e. The van der Waals surface area contributed by atoms with Gasteiger partial charge in [-0.2, -0.15) is 0 Å². The van der Waals surface area contributed by atoms with Crippen molar-refractivity contribution >= 4 is 11.3 Å². The fourth-order valence-corrected chi connectivity index (χ4v) is 3.31. The molecule has 1 aromatic heterocycles. The van der Waals surface area contributed by atoms with Crippen LogP contribution in [0, 0.1) is 5.41 Å². The molecule has 1 aromatic rings. The molecule has 0 aliphatic rings. The Labute approximate surface area is 129 Å². The van der Waals surface area contributed by atoms with Crippen molar-refractivity contribution < 1.29 is 0 Å². The predicted molar refractivity (Wildman–Crippen MR) is 91.7 cm³/mol. The van der Waals surface area contributed by atoms with Crippen LogP contribution in [-0.4, -0.2) is 37.6 Å². The van der Waals surface area contributed by atoms with E-state index >= 15 is 0 Å². The second-order valence-corrected chi connectivity index (χ2v) is 7.34. The van der Waals surface area contributed by atoms with E-state index in [-0.39, 0.29) is 0 Å². The molecule has 0 saturated carbocycles. The van der Waals surface area contributed by atoms with Crippen LogP contribution >= 0.6 is 11.3 Å².